The van der Waals surface area contributed by atoms with Gasteiger partial charge in [0.05, 0.1) is 0 Å². The Morgan fingerprint density at radius 3 is 2.89 bits per heavy atom. The summed E-state index contributed by atoms with van der Waals surface area (Å²) in [6.07, 6.45) is 2.00. The Hall–Kier alpha value is -0.150. The van der Waals surface area contributed by atoms with Gasteiger partial charge in [-0.15, -0.1) is 0 Å². The Morgan fingerprint density at radius 1 is 1.78 bits per heavy atom. The van der Waals surface area contributed by atoms with Gasteiger partial charge >= 0.3 is 0 Å². The van der Waals surface area contributed by atoms with Gasteiger partial charge in [-0.25, -0.2) is 0 Å². The Balaban J connectivity index is 2.70. The molecule has 0 spiro atoms. The molecule has 0 aliphatic heterocycles. The van der Waals surface area contributed by atoms with Crippen molar-refractivity contribution in [1.82, 2.24) is 0 Å². The predicted molar refractivity (Wildman–Crippen MR) is 37.3 cm³/mol. The third-order valence-corrected chi connectivity index (χ3v) is 1.91. The highest BCUT2D eigenvalue weighted by atomic mass is 79.9. The minimum Gasteiger partial charge on any atom is -0.385 e. The number of rotatable bonds is 0. The monoisotopic (exact) mass is 190 g/mol. The molecule has 1 aliphatic carbocycles. The van der Waals surface area contributed by atoms with Gasteiger partial charge in [-0.2, -0.15) is 0 Å². The Bertz CT molecular complexity index is 162. The van der Waals surface area contributed by atoms with Crippen LogP contribution in [0.1, 0.15) is 12.8 Å². The molecule has 1 aliphatic rings. The number of allylic oxidation sites excluding steroid dienone is 1. The smallest absolute Gasteiger partial charge is 0.184 e. The van der Waals surface area contributed by atoms with Gasteiger partial charge in [0.25, 0.3) is 0 Å². The molecule has 1 atom stereocenters. The molecule has 0 aromatic heterocycles. The van der Waals surface area contributed by atoms with Gasteiger partial charge < -0.3 is 5.11 Å². The summed E-state index contributed by atoms with van der Waals surface area (Å²) in [5, 5.41) is 8.88. The van der Waals surface area contributed by atoms with Gasteiger partial charge in [0.2, 0.25) is 0 Å². The molecule has 0 aromatic rings. The van der Waals surface area contributed by atoms with E-state index < -0.39 is 6.10 Å². The van der Waals surface area contributed by atoms with Gasteiger partial charge in [-0.1, -0.05) is 15.9 Å². The first-order chi connectivity index (χ1) is 4.20. The Morgan fingerprint density at radius 2 is 2.44 bits per heavy atom. The largest absolute Gasteiger partial charge is 0.385 e. The third kappa shape index (κ3) is 1.63. The van der Waals surface area contributed by atoms with Crippen molar-refractivity contribution in [2.75, 3.05) is 0 Å². The van der Waals surface area contributed by atoms with E-state index in [9.17, 15) is 4.79 Å². The minimum atomic E-state index is -0.758. The number of aliphatic hydroxyl groups excluding tert-OH is 1. The maximum absolute atomic E-state index is 10.6. The maximum Gasteiger partial charge on any atom is 0.184 e. The first-order valence-corrected chi connectivity index (χ1v) is 3.57. The molecule has 0 amide bonds. The normalized spacial score (nSPS) is 28.0. The second-order valence-electron chi connectivity index (χ2n) is 2.05. The van der Waals surface area contributed by atoms with E-state index in [0.717, 1.165) is 10.9 Å². The van der Waals surface area contributed by atoms with Crippen molar-refractivity contribution in [1.29, 1.82) is 0 Å². The van der Waals surface area contributed by atoms with E-state index in [1.807, 2.05) is 0 Å². The third-order valence-electron chi connectivity index (χ3n) is 1.28. The van der Waals surface area contributed by atoms with E-state index >= 15 is 0 Å². The molecule has 3 heteroatoms. The van der Waals surface area contributed by atoms with Gasteiger partial charge in [0.1, 0.15) is 6.10 Å². The highest BCUT2D eigenvalue weighted by Gasteiger charge is 2.17. The highest BCUT2D eigenvalue weighted by Crippen LogP contribution is 2.19. The molecule has 0 saturated carbocycles. The van der Waals surface area contributed by atoms with E-state index in [1.165, 1.54) is 6.08 Å². The molecule has 2 nitrogen and oxygen atoms in total. The van der Waals surface area contributed by atoms with Gasteiger partial charge in [0, 0.05) is 0 Å². The molecule has 0 heterocycles. The number of carbonyl (C=O) groups excluding carboxylic acids is 1. The fourth-order valence-corrected chi connectivity index (χ4v) is 1.19. The van der Waals surface area contributed by atoms with Crippen LogP contribution in [0.3, 0.4) is 0 Å². The summed E-state index contributed by atoms with van der Waals surface area (Å²) in [6.45, 7) is 0. The standard InChI is InChI=1S/C6H7BrO2/c7-4-1-2-5(8)6(9)3-4/h3,5,8H,1-2H2. The number of carbonyl (C=O) groups is 1. The molecular weight excluding hydrogens is 184 g/mol. The zero-order valence-electron chi connectivity index (χ0n) is 4.80. The number of hydrogen-bond donors (Lipinski definition) is 1. The van der Waals surface area contributed by atoms with Crippen molar-refractivity contribution in [2.24, 2.45) is 0 Å². The quantitative estimate of drug-likeness (QED) is 0.619. The first-order valence-electron chi connectivity index (χ1n) is 2.78. The van der Waals surface area contributed by atoms with Crippen LogP contribution in [0.15, 0.2) is 10.6 Å². The second-order valence-corrected chi connectivity index (χ2v) is 3.07. The van der Waals surface area contributed by atoms with Crippen LogP contribution in [0.4, 0.5) is 0 Å². The first kappa shape index (κ1) is 6.96. The fourth-order valence-electron chi connectivity index (χ4n) is 0.740. The van der Waals surface area contributed by atoms with E-state index in [4.69, 9.17) is 5.11 Å². The van der Waals surface area contributed by atoms with Crippen LogP contribution in [0.5, 0.6) is 0 Å². The zero-order valence-corrected chi connectivity index (χ0v) is 6.39. The van der Waals surface area contributed by atoms with Crippen LogP contribution >= 0.6 is 15.9 Å². The Kier molecular flexibility index (Phi) is 2.03. The predicted octanol–water partition coefficient (Wildman–Crippen LogP) is 0.989. The van der Waals surface area contributed by atoms with Gasteiger partial charge in [0.15, 0.2) is 5.78 Å². The van der Waals surface area contributed by atoms with E-state index in [-0.39, 0.29) is 5.78 Å². The molecule has 0 bridgehead atoms. The van der Waals surface area contributed by atoms with Crippen LogP contribution in [0.2, 0.25) is 0 Å². The summed E-state index contributed by atoms with van der Waals surface area (Å²) in [5.41, 5.74) is 0. The summed E-state index contributed by atoms with van der Waals surface area (Å²) < 4.78 is 0.887. The van der Waals surface area contributed by atoms with Crippen molar-refractivity contribution in [3.63, 3.8) is 0 Å². The van der Waals surface area contributed by atoms with Crippen LogP contribution in [0.25, 0.3) is 0 Å². The van der Waals surface area contributed by atoms with Crippen LogP contribution in [0, 0.1) is 0 Å². The molecule has 0 radical (unpaired) electrons. The topological polar surface area (TPSA) is 37.3 Å². The lowest BCUT2D eigenvalue weighted by atomic mass is 10.0. The summed E-state index contributed by atoms with van der Waals surface area (Å²) in [7, 11) is 0. The minimum absolute atomic E-state index is 0.187. The van der Waals surface area contributed by atoms with Crippen molar-refractivity contribution in [3.05, 3.63) is 10.6 Å². The van der Waals surface area contributed by atoms with Crippen molar-refractivity contribution in [2.45, 2.75) is 18.9 Å². The van der Waals surface area contributed by atoms with E-state index in [0.29, 0.717) is 6.42 Å². The molecular formula is C6H7BrO2. The molecule has 1 rings (SSSR count). The SMILES string of the molecule is O=C1C=C(Br)CCC1O. The molecule has 0 saturated heterocycles. The summed E-state index contributed by atoms with van der Waals surface area (Å²) in [6, 6.07) is 0. The van der Waals surface area contributed by atoms with Crippen LogP contribution < -0.4 is 0 Å². The number of aliphatic hydroxyl groups is 1. The van der Waals surface area contributed by atoms with Gasteiger partial charge in [-0.3, -0.25) is 4.79 Å². The average Bonchev–Trinajstić information content (AvgIpc) is 1.80. The second kappa shape index (κ2) is 2.62. The van der Waals surface area contributed by atoms with Gasteiger partial charge in [-0.05, 0) is 23.4 Å². The van der Waals surface area contributed by atoms with Crippen molar-refractivity contribution < 1.29 is 9.90 Å². The number of hydrogen-bond acceptors (Lipinski definition) is 2. The lowest BCUT2D eigenvalue weighted by molar-refractivity contribution is -0.122. The summed E-state index contributed by atoms with van der Waals surface area (Å²) in [4.78, 5) is 10.6. The molecule has 1 N–H and O–H groups in total. The summed E-state index contributed by atoms with van der Waals surface area (Å²) >= 11 is 3.19. The van der Waals surface area contributed by atoms with Crippen molar-refractivity contribution in [3.8, 4) is 0 Å². The molecule has 1 unspecified atom stereocenters. The molecule has 50 valence electrons. The highest BCUT2D eigenvalue weighted by molar-refractivity contribution is 9.11. The van der Waals surface area contributed by atoms with E-state index in [1.54, 1.807) is 0 Å². The van der Waals surface area contributed by atoms with Crippen LogP contribution in [-0.4, -0.2) is 17.0 Å². The maximum atomic E-state index is 10.6. The number of ketones is 1. The fraction of sp³-hybridized carbons (Fsp3) is 0.500. The molecule has 9 heavy (non-hydrogen) atoms. The van der Waals surface area contributed by atoms with Crippen molar-refractivity contribution >= 4 is 21.7 Å². The Labute approximate surface area is 61.7 Å². The zero-order chi connectivity index (χ0) is 6.85. The average molecular weight is 191 g/mol. The summed E-state index contributed by atoms with van der Waals surface area (Å²) in [5.74, 6) is -0.187. The van der Waals surface area contributed by atoms with E-state index in [2.05, 4.69) is 15.9 Å². The lowest BCUT2D eigenvalue weighted by Gasteiger charge is -2.11. The molecule has 0 aromatic carbocycles. The van der Waals surface area contributed by atoms with Crippen LogP contribution in [-0.2, 0) is 4.79 Å². The molecule has 0 fully saturated rings. The number of halogens is 1. The lowest BCUT2D eigenvalue weighted by Crippen LogP contribution is -2.21.